The predicted molar refractivity (Wildman–Crippen MR) is 78.9 cm³/mol. The minimum absolute atomic E-state index is 0.103. The van der Waals surface area contributed by atoms with Gasteiger partial charge in [0.05, 0.1) is 11.7 Å². The summed E-state index contributed by atoms with van der Waals surface area (Å²) in [7, 11) is 4.34. The Hall–Kier alpha value is -0.970. The van der Waals surface area contributed by atoms with Gasteiger partial charge in [-0.25, -0.2) is 0 Å². The second kappa shape index (κ2) is 6.46. The summed E-state index contributed by atoms with van der Waals surface area (Å²) >= 11 is 0. The first-order chi connectivity index (χ1) is 9.09. The highest BCUT2D eigenvalue weighted by Gasteiger charge is 2.29. The molecule has 2 rings (SSSR count). The summed E-state index contributed by atoms with van der Waals surface area (Å²) in [5.74, 6) is 0. The first kappa shape index (κ1) is 14.4. The number of pyridine rings is 1. The van der Waals surface area contributed by atoms with Gasteiger partial charge in [0.1, 0.15) is 0 Å². The van der Waals surface area contributed by atoms with Gasteiger partial charge in [0.15, 0.2) is 0 Å². The van der Waals surface area contributed by atoms with Crippen LogP contribution in [0, 0.1) is 0 Å². The van der Waals surface area contributed by atoms with E-state index in [0.717, 1.165) is 18.8 Å². The Morgan fingerprint density at radius 2 is 2.00 bits per heavy atom. The molecule has 2 heterocycles. The van der Waals surface area contributed by atoms with Crippen molar-refractivity contribution in [3.63, 3.8) is 0 Å². The van der Waals surface area contributed by atoms with Gasteiger partial charge in [-0.1, -0.05) is 6.07 Å². The van der Waals surface area contributed by atoms with Crippen LogP contribution in [0.5, 0.6) is 0 Å². The highest BCUT2D eigenvalue weighted by molar-refractivity contribution is 5.11. The average molecular weight is 262 g/mol. The van der Waals surface area contributed by atoms with Gasteiger partial charge in [-0.05, 0) is 46.0 Å². The molecule has 1 saturated heterocycles. The molecule has 0 bridgehead atoms. The van der Waals surface area contributed by atoms with Gasteiger partial charge in [0.2, 0.25) is 0 Å². The molecule has 4 heteroatoms. The van der Waals surface area contributed by atoms with Crippen molar-refractivity contribution in [2.75, 3.05) is 27.2 Å². The van der Waals surface area contributed by atoms with E-state index in [-0.39, 0.29) is 12.1 Å². The molecule has 0 radical (unpaired) electrons. The Morgan fingerprint density at radius 3 is 2.47 bits per heavy atom. The highest BCUT2D eigenvalue weighted by Crippen LogP contribution is 2.26. The van der Waals surface area contributed by atoms with Crippen LogP contribution in [0.25, 0.3) is 0 Å². The number of likely N-dealkylation sites (tertiary alicyclic amines) is 1. The quantitative estimate of drug-likeness (QED) is 0.893. The van der Waals surface area contributed by atoms with Crippen molar-refractivity contribution in [3.05, 3.63) is 30.1 Å². The molecule has 1 aliphatic heterocycles. The van der Waals surface area contributed by atoms with Gasteiger partial charge in [-0.2, -0.15) is 0 Å². The number of hydrogen-bond acceptors (Lipinski definition) is 4. The zero-order valence-electron chi connectivity index (χ0n) is 12.3. The van der Waals surface area contributed by atoms with Gasteiger partial charge in [-0.3, -0.25) is 9.88 Å². The fourth-order valence-electron chi connectivity index (χ4n) is 3.02. The van der Waals surface area contributed by atoms with Crippen molar-refractivity contribution in [1.82, 2.24) is 14.8 Å². The van der Waals surface area contributed by atoms with Crippen LogP contribution in [0.15, 0.2) is 24.4 Å². The van der Waals surface area contributed by atoms with Crippen molar-refractivity contribution < 1.29 is 0 Å². The van der Waals surface area contributed by atoms with Crippen LogP contribution >= 0.6 is 0 Å². The lowest BCUT2D eigenvalue weighted by Crippen LogP contribution is -2.47. The van der Waals surface area contributed by atoms with Gasteiger partial charge in [-0.15, -0.1) is 0 Å². The number of nitrogens with zero attached hydrogens (tertiary/aromatic N) is 3. The Bertz CT molecular complexity index is 369. The van der Waals surface area contributed by atoms with Crippen LogP contribution < -0.4 is 5.73 Å². The van der Waals surface area contributed by atoms with Crippen LogP contribution in [-0.4, -0.2) is 54.1 Å². The lowest BCUT2D eigenvalue weighted by atomic mass is 9.98. The maximum absolute atomic E-state index is 6.20. The molecule has 0 amide bonds. The lowest BCUT2D eigenvalue weighted by Gasteiger charge is -2.40. The summed E-state index contributed by atoms with van der Waals surface area (Å²) in [4.78, 5) is 9.32. The van der Waals surface area contributed by atoms with E-state index in [9.17, 15) is 0 Å². The van der Waals surface area contributed by atoms with Crippen molar-refractivity contribution in [3.8, 4) is 0 Å². The third-order valence-electron chi connectivity index (χ3n) is 4.11. The zero-order valence-corrected chi connectivity index (χ0v) is 12.3. The lowest BCUT2D eigenvalue weighted by molar-refractivity contribution is 0.0964. The predicted octanol–water partition coefficient (Wildman–Crippen LogP) is 1.50. The standard InChI is InChI=1S/C15H26N4/c1-12(16)15(14-6-4-5-9-17-14)19-10-7-13(8-11-19)18(2)3/h4-6,9,12-13,15H,7-8,10-11,16H2,1-3H3. The molecule has 106 valence electrons. The Labute approximate surface area is 116 Å². The molecule has 1 aromatic heterocycles. The molecular formula is C15H26N4. The third kappa shape index (κ3) is 3.53. The largest absolute Gasteiger partial charge is 0.326 e. The summed E-state index contributed by atoms with van der Waals surface area (Å²) in [5.41, 5.74) is 7.30. The number of piperidine rings is 1. The SMILES string of the molecule is CC(N)C(c1ccccn1)N1CCC(N(C)C)CC1. The number of hydrogen-bond donors (Lipinski definition) is 1. The smallest absolute Gasteiger partial charge is 0.0670 e. The summed E-state index contributed by atoms with van der Waals surface area (Å²) in [6, 6.07) is 7.14. The van der Waals surface area contributed by atoms with Gasteiger partial charge in [0.25, 0.3) is 0 Å². The van der Waals surface area contributed by atoms with Crippen LogP contribution in [0.4, 0.5) is 0 Å². The van der Waals surface area contributed by atoms with Crippen molar-refractivity contribution in [1.29, 1.82) is 0 Å². The molecule has 0 spiro atoms. The highest BCUT2D eigenvalue weighted by atomic mass is 15.2. The Kier molecular flexibility index (Phi) is 4.91. The van der Waals surface area contributed by atoms with E-state index in [1.807, 2.05) is 18.3 Å². The van der Waals surface area contributed by atoms with Crippen molar-refractivity contribution >= 4 is 0 Å². The molecular weight excluding hydrogens is 236 g/mol. The zero-order chi connectivity index (χ0) is 13.8. The summed E-state index contributed by atoms with van der Waals surface area (Å²) in [6.45, 7) is 4.29. The summed E-state index contributed by atoms with van der Waals surface area (Å²) in [5, 5.41) is 0. The van der Waals surface area contributed by atoms with Crippen LogP contribution in [0.2, 0.25) is 0 Å². The van der Waals surface area contributed by atoms with Gasteiger partial charge < -0.3 is 10.6 Å². The van der Waals surface area contributed by atoms with E-state index in [0.29, 0.717) is 6.04 Å². The molecule has 1 fully saturated rings. The first-order valence-corrected chi connectivity index (χ1v) is 7.16. The molecule has 2 atom stereocenters. The topological polar surface area (TPSA) is 45.4 Å². The van der Waals surface area contributed by atoms with Crippen molar-refractivity contribution in [2.24, 2.45) is 5.73 Å². The normalized spacial score (nSPS) is 21.5. The number of aromatic nitrogens is 1. The van der Waals surface area contributed by atoms with Gasteiger partial charge in [0, 0.05) is 31.4 Å². The maximum Gasteiger partial charge on any atom is 0.0670 e. The van der Waals surface area contributed by atoms with E-state index < -0.39 is 0 Å². The molecule has 1 aliphatic rings. The van der Waals surface area contributed by atoms with E-state index in [1.54, 1.807) is 0 Å². The summed E-state index contributed by atoms with van der Waals surface area (Å²) in [6.07, 6.45) is 4.28. The average Bonchev–Trinajstić information content (AvgIpc) is 2.40. The van der Waals surface area contributed by atoms with Crippen LogP contribution in [-0.2, 0) is 0 Å². The molecule has 2 N–H and O–H groups in total. The Balaban J connectivity index is 2.06. The maximum atomic E-state index is 6.20. The third-order valence-corrected chi connectivity index (χ3v) is 4.11. The Morgan fingerprint density at radius 1 is 1.32 bits per heavy atom. The number of nitrogens with two attached hydrogens (primary N) is 1. The minimum atomic E-state index is 0.103. The number of rotatable bonds is 4. The fourth-order valence-corrected chi connectivity index (χ4v) is 3.02. The van der Waals surface area contributed by atoms with Crippen molar-refractivity contribution in [2.45, 2.75) is 37.9 Å². The molecule has 0 aromatic carbocycles. The monoisotopic (exact) mass is 262 g/mol. The molecule has 4 nitrogen and oxygen atoms in total. The van der Waals surface area contributed by atoms with Crippen LogP contribution in [0.3, 0.4) is 0 Å². The molecule has 0 saturated carbocycles. The molecule has 0 aliphatic carbocycles. The molecule has 2 unspecified atom stereocenters. The molecule has 19 heavy (non-hydrogen) atoms. The first-order valence-electron chi connectivity index (χ1n) is 7.16. The van der Waals surface area contributed by atoms with E-state index >= 15 is 0 Å². The summed E-state index contributed by atoms with van der Waals surface area (Å²) < 4.78 is 0. The van der Waals surface area contributed by atoms with E-state index in [2.05, 4.69) is 41.9 Å². The van der Waals surface area contributed by atoms with E-state index in [4.69, 9.17) is 5.73 Å². The second-order valence-corrected chi connectivity index (χ2v) is 5.79. The molecule has 1 aromatic rings. The van der Waals surface area contributed by atoms with Gasteiger partial charge >= 0.3 is 0 Å². The minimum Gasteiger partial charge on any atom is -0.326 e. The fraction of sp³-hybridized carbons (Fsp3) is 0.667. The second-order valence-electron chi connectivity index (χ2n) is 5.79. The van der Waals surface area contributed by atoms with Crippen LogP contribution in [0.1, 0.15) is 31.5 Å². The van der Waals surface area contributed by atoms with E-state index in [1.165, 1.54) is 12.8 Å².